The molecule has 4 nitrogen and oxygen atoms in total. The molecule has 4 heteroatoms. The number of hydrogen-bond acceptors (Lipinski definition) is 3. The fourth-order valence-corrected chi connectivity index (χ4v) is 10.8. The molecule has 190 valence electrons. The van der Waals surface area contributed by atoms with E-state index < -0.39 is 18.0 Å². The second-order valence-corrected chi connectivity index (χ2v) is 14.5. The van der Waals surface area contributed by atoms with Crippen LogP contribution in [0.1, 0.15) is 99.8 Å². The van der Waals surface area contributed by atoms with Gasteiger partial charge in [0, 0.05) is 17.3 Å². The van der Waals surface area contributed by atoms with Crippen LogP contribution in [0, 0.1) is 56.7 Å². The number of aliphatic hydroxyl groups is 1. The van der Waals surface area contributed by atoms with E-state index in [-0.39, 0.29) is 38.9 Å². The molecule has 4 fully saturated rings. The SMILES string of the molecule is C[C@@H]1[C@H]2C3=CCC4[C@@]5(C)CCC(=O)C(C)(C)C5CC[C@@]4(C)[C@]3(C)CC[C@@]2(C)[C@@H](O)C[C@H]1C(=O)O. The van der Waals surface area contributed by atoms with Crippen LogP contribution in [0.15, 0.2) is 11.6 Å². The lowest BCUT2D eigenvalue weighted by molar-refractivity contribution is -0.194. The minimum atomic E-state index is -0.761. The molecule has 5 aliphatic carbocycles. The fourth-order valence-electron chi connectivity index (χ4n) is 10.8. The number of Topliss-reactive ketones (excluding diaryl/α,β-unsaturated/α-hetero) is 1. The molecular formula is C30H46O4. The predicted molar refractivity (Wildman–Crippen MR) is 133 cm³/mol. The van der Waals surface area contributed by atoms with Crippen LogP contribution in [0.3, 0.4) is 0 Å². The number of carboxylic acids is 1. The molecule has 34 heavy (non-hydrogen) atoms. The number of allylic oxidation sites excluding steroid dienone is 2. The Labute approximate surface area is 206 Å². The number of fused-ring (bicyclic) bond motifs is 7. The van der Waals surface area contributed by atoms with E-state index in [4.69, 9.17) is 0 Å². The highest BCUT2D eigenvalue weighted by Crippen LogP contribution is 2.75. The quantitative estimate of drug-likeness (QED) is 0.443. The van der Waals surface area contributed by atoms with E-state index in [0.717, 1.165) is 38.5 Å². The van der Waals surface area contributed by atoms with Gasteiger partial charge in [0.25, 0.3) is 0 Å². The molecule has 0 amide bonds. The van der Waals surface area contributed by atoms with Gasteiger partial charge in [0.15, 0.2) is 0 Å². The van der Waals surface area contributed by atoms with Gasteiger partial charge in [0.1, 0.15) is 5.78 Å². The molecule has 10 atom stereocenters. The van der Waals surface area contributed by atoms with Gasteiger partial charge in [-0.3, -0.25) is 9.59 Å². The molecule has 0 spiro atoms. The first-order chi connectivity index (χ1) is 15.6. The summed E-state index contributed by atoms with van der Waals surface area (Å²) in [6, 6.07) is 0. The van der Waals surface area contributed by atoms with Crippen molar-refractivity contribution in [2.45, 2.75) is 106 Å². The maximum atomic E-state index is 12.9. The molecule has 5 rings (SSSR count). The van der Waals surface area contributed by atoms with Crippen LogP contribution in [0.4, 0.5) is 0 Å². The summed E-state index contributed by atoms with van der Waals surface area (Å²) >= 11 is 0. The van der Waals surface area contributed by atoms with Crippen molar-refractivity contribution in [1.29, 1.82) is 0 Å². The van der Waals surface area contributed by atoms with Crippen LogP contribution in [0.25, 0.3) is 0 Å². The van der Waals surface area contributed by atoms with Gasteiger partial charge < -0.3 is 10.2 Å². The van der Waals surface area contributed by atoms with Gasteiger partial charge in [0.05, 0.1) is 12.0 Å². The van der Waals surface area contributed by atoms with Gasteiger partial charge in [-0.15, -0.1) is 0 Å². The molecule has 0 heterocycles. The molecule has 0 bridgehead atoms. The Kier molecular flexibility index (Phi) is 5.20. The summed E-state index contributed by atoms with van der Waals surface area (Å²) in [6.45, 7) is 16.2. The Balaban J connectivity index is 1.60. The first-order valence-corrected chi connectivity index (χ1v) is 13.8. The lowest BCUT2D eigenvalue weighted by Crippen LogP contribution is -2.65. The van der Waals surface area contributed by atoms with Gasteiger partial charge in [-0.2, -0.15) is 0 Å². The van der Waals surface area contributed by atoms with Crippen LogP contribution >= 0.6 is 0 Å². The Bertz CT molecular complexity index is 949. The van der Waals surface area contributed by atoms with Crippen molar-refractivity contribution in [2.75, 3.05) is 0 Å². The van der Waals surface area contributed by atoms with Gasteiger partial charge in [-0.05, 0) is 84.9 Å². The molecule has 2 N–H and O–H groups in total. The lowest BCUT2D eigenvalue weighted by atomic mass is 9.33. The van der Waals surface area contributed by atoms with E-state index in [9.17, 15) is 19.8 Å². The zero-order valence-corrected chi connectivity index (χ0v) is 22.4. The third-order valence-electron chi connectivity index (χ3n) is 13.2. The van der Waals surface area contributed by atoms with Gasteiger partial charge >= 0.3 is 5.97 Å². The first-order valence-electron chi connectivity index (χ1n) is 13.8. The van der Waals surface area contributed by atoms with Crippen molar-refractivity contribution >= 4 is 11.8 Å². The van der Waals surface area contributed by atoms with Crippen molar-refractivity contribution in [3.8, 4) is 0 Å². The van der Waals surface area contributed by atoms with Crippen molar-refractivity contribution in [2.24, 2.45) is 56.7 Å². The highest BCUT2D eigenvalue weighted by atomic mass is 16.4. The number of carbonyl (C=O) groups is 2. The number of aliphatic hydroxyl groups excluding tert-OH is 1. The van der Waals surface area contributed by atoms with Crippen LogP contribution in [-0.4, -0.2) is 28.1 Å². The number of carbonyl (C=O) groups excluding carboxylic acids is 1. The Hall–Kier alpha value is -1.16. The molecule has 0 saturated heterocycles. The average molecular weight is 471 g/mol. The molecule has 0 aromatic heterocycles. The summed E-state index contributed by atoms with van der Waals surface area (Å²) in [5.74, 6) is 0.291. The number of hydrogen-bond donors (Lipinski definition) is 2. The van der Waals surface area contributed by atoms with Gasteiger partial charge in [-0.25, -0.2) is 0 Å². The van der Waals surface area contributed by atoms with Gasteiger partial charge in [0.2, 0.25) is 0 Å². The minimum Gasteiger partial charge on any atom is -0.481 e. The molecule has 0 radical (unpaired) electrons. The third kappa shape index (κ3) is 2.75. The topological polar surface area (TPSA) is 74.6 Å². The van der Waals surface area contributed by atoms with E-state index in [1.54, 1.807) is 0 Å². The largest absolute Gasteiger partial charge is 0.481 e. The number of aliphatic carboxylic acids is 1. The number of carboxylic acid groups (broad SMARTS) is 1. The second-order valence-electron chi connectivity index (χ2n) is 14.5. The normalized spacial score (nSPS) is 54.1. The summed E-state index contributed by atoms with van der Waals surface area (Å²) in [7, 11) is 0. The zero-order chi connectivity index (χ0) is 25.1. The van der Waals surface area contributed by atoms with Crippen LogP contribution in [0.5, 0.6) is 0 Å². The first kappa shape index (κ1) is 24.5. The monoisotopic (exact) mass is 470 g/mol. The van der Waals surface area contributed by atoms with Crippen molar-refractivity contribution < 1.29 is 19.8 Å². The van der Waals surface area contributed by atoms with Crippen molar-refractivity contribution in [3.63, 3.8) is 0 Å². The Morgan fingerprint density at radius 3 is 2.29 bits per heavy atom. The second kappa shape index (κ2) is 7.20. The standard InChI is InChI=1S/C30H46O4/c1-17-18(25(33)34)16-23(32)28(5)14-15-29(6)19(24(17)28)8-9-21-27(4)12-11-22(31)26(2,3)20(27)10-13-30(21,29)7/h8,17-18,20-21,23-24,32H,9-16H2,1-7H3,(H,33,34)/t17-,18+,20?,21?,23-,24-,27-,28-,29+,30+/m0/s1. The predicted octanol–water partition coefficient (Wildman–Crippen LogP) is 6.27. The van der Waals surface area contributed by atoms with Gasteiger partial charge in [-0.1, -0.05) is 60.1 Å². The summed E-state index contributed by atoms with van der Waals surface area (Å²) in [5, 5.41) is 21.2. The Morgan fingerprint density at radius 2 is 1.65 bits per heavy atom. The maximum absolute atomic E-state index is 12.9. The minimum absolute atomic E-state index is 0.00798. The summed E-state index contributed by atoms with van der Waals surface area (Å²) in [6.07, 6.45) is 9.26. The van der Waals surface area contributed by atoms with Crippen molar-refractivity contribution in [3.05, 3.63) is 11.6 Å². The van der Waals surface area contributed by atoms with E-state index in [2.05, 4.69) is 54.5 Å². The average Bonchev–Trinajstić information content (AvgIpc) is 2.74. The molecule has 0 aromatic rings. The van der Waals surface area contributed by atoms with Crippen LogP contribution < -0.4 is 0 Å². The summed E-state index contributed by atoms with van der Waals surface area (Å²) in [4.78, 5) is 25.1. The lowest BCUT2D eigenvalue weighted by Gasteiger charge is -2.71. The third-order valence-corrected chi connectivity index (χ3v) is 13.2. The molecule has 2 unspecified atom stereocenters. The van der Waals surface area contributed by atoms with E-state index >= 15 is 0 Å². The summed E-state index contributed by atoms with van der Waals surface area (Å²) in [5.41, 5.74) is 1.24. The molecular weight excluding hydrogens is 424 g/mol. The molecule has 0 aromatic carbocycles. The smallest absolute Gasteiger partial charge is 0.306 e. The van der Waals surface area contributed by atoms with E-state index in [1.807, 2.05) is 0 Å². The number of ketones is 1. The highest BCUT2D eigenvalue weighted by Gasteiger charge is 2.69. The molecule has 4 saturated carbocycles. The fraction of sp³-hybridized carbons (Fsp3) is 0.867. The van der Waals surface area contributed by atoms with E-state index in [1.165, 1.54) is 5.57 Å². The number of rotatable bonds is 1. The van der Waals surface area contributed by atoms with E-state index in [0.29, 0.717) is 30.5 Å². The van der Waals surface area contributed by atoms with Crippen LogP contribution in [-0.2, 0) is 9.59 Å². The summed E-state index contributed by atoms with van der Waals surface area (Å²) < 4.78 is 0. The molecule has 5 aliphatic rings. The van der Waals surface area contributed by atoms with Crippen molar-refractivity contribution in [1.82, 2.24) is 0 Å². The van der Waals surface area contributed by atoms with Crippen LogP contribution in [0.2, 0.25) is 0 Å². The maximum Gasteiger partial charge on any atom is 0.306 e. The molecule has 0 aliphatic heterocycles. The highest BCUT2D eigenvalue weighted by molar-refractivity contribution is 5.85. The zero-order valence-electron chi connectivity index (χ0n) is 22.4. The Morgan fingerprint density at radius 1 is 0.971 bits per heavy atom.